The van der Waals surface area contributed by atoms with Crippen LogP contribution < -0.4 is 0 Å². The number of H-pyrrole nitrogens is 1. The third kappa shape index (κ3) is 2.91. The summed E-state index contributed by atoms with van der Waals surface area (Å²) >= 11 is 0. The quantitative estimate of drug-likeness (QED) is 0.872. The zero-order valence-corrected chi connectivity index (χ0v) is 16.2. The van der Waals surface area contributed by atoms with Crippen LogP contribution in [-0.4, -0.2) is 60.8 Å². The highest BCUT2D eigenvalue weighted by molar-refractivity contribution is 5.93. The first-order valence-corrected chi connectivity index (χ1v) is 10.2. The van der Waals surface area contributed by atoms with Crippen molar-refractivity contribution in [2.75, 3.05) is 19.6 Å². The SMILES string of the molecule is Cn1cncc1C(=O)N1CCc2[nH]cnc2C1C1CCN(C(=O)C2CC2)CC1. The zero-order valence-electron chi connectivity index (χ0n) is 16.2. The van der Waals surface area contributed by atoms with Gasteiger partial charge in [-0.3, -0.25) is 9.59 Å². The molecule has 2 aromatic heterocycles. The normalized spacial score (nSPS) is 23.0. The predicted octanol–water partition coefficient (Wildman–Crippen LogP) is 1.53. The van der Waals surface area contributed by atoms with E-state index in [1.165, 1.54) is 0 Å². The van der Waals surface area contributed by atoms with Crippen molar-refractivity contribution in [1.82, 2.24) is 29.3 Å². The van der Waals surface area contributed by atoms with Gasteiger partial charge in [-0.2, -0.15) is 0 Å². The summed E-state index contributed by atoms with van der Waals surface area (Å²) in [7, 11) is 1.85. The maximum absolute atomic E-state index is 13.3. The van der Waals surface area contributed by atoms with Crippen molar-refractivity contribution in [2.24, 2.45) is 18.9 Å². The summed E-state index contributed by atoms with van der Waals surface area (Å²) in [5.74, 6) is 0.912. The minimum absolute atomic E-state index is 0.00939. The monoisotopic (exact) mass is 382 g/mol. The zero-order chi connectivity index (χ0) is 19.3. The molecule has 4 heterocycles. The number of nitrogens with one attached hydrogen (secondary N) is 1. The number of fused-ring (bicyclic) bond motifs is 1. The molecule has 0 radical (unpaired) electrons. The van der Waals surface area contributed by atoms with E-state index < -0.39 is 0 Å². The van der Waals surface area contributed by atoms with E-state index in [0.29, 0.717) is 24.1 Å². The molecule has 1 unspecified atom stereocenters. The number of likely N-dealkylation sites (tertiary alicyclic amines) is 1. The van der Waals surface area contributed by atoms with Gasteiger partial charge in [0.15, 0.2) is 0 Å². The van der Waals surface area contributed by atoms with Crippen molar-refractivity contribution >= 4 is 11.8 Å². The van der Waals surface area contributed by atoms with Gasteiger partial charge in [0, 0.05) is 44.7 Å². The van der Waals surface area contributed by atoms with Gasteiger partial charge in [-0.25, -0.2) is 9.97 Å². The van der Waals surface area contributed by atoms with Crippen LogP contribution in [0.15, 0.2) is 18.9 Å². The number of piperidine rings is 1. The summed E-state index contributed by atoms with van der Waals surface area (Å²) in [5, 5.41) is 0. The van der Waals surface area contributed by atoms with Crippen LogP contribution >= 0.6 is 0 Å². The molecule has 1 aliphatic carbocycles. The van der Waals surface area contributed by atoms with Gasteiger partial charge in [-0.15, -0.1) is 0 Å². The molecule has 3 aliphatic rings. The summed E-state index contributed by atoms with van der Waals surface area (Å²) < 4.78 is 1.77. The highest BCUT2D eigenvalue weighted by Crippen LogP contribution is 2.40. The Kier molecular flexibility index (Phi) is 4.21. The van der Waals surface area contributed by atoms with Crippen LogP contribution in [0.5, 0.6) is 0 Å². The highest BCUT2D eigenvalue weighted by Gasteiger charge is 2.42. The van der Waals surface area contributed by atoms with E-state index in [1.807, 2.05) is 16.8 Å². The average Bonchev–Trinajstić information content (AvgIpc) is 3.30. The van der Waals surface area contributed by atoms with Gasteiger partial charge in [-0.05, 0) is 31.6 Å². The van der Waals surface area contributed by atoms with Gasteiger partial charge >= 0.3 is 0 Å². The molecule has 8 nitrogen and oxygen atoms in total. The summed E-state index contributed by atoms with van der Waals surface area (Å²) in [6.45, 7) is 2.24. The summed E-state index contributed by atoms with van der Waals surface area (Å²) in [6.07, 6.45) is 9.73. The van der Waals surface area contributed by atoms with E-state index in [1.54, 1.807) is 23.4 Å². The molecular weight excluding hydrogens is 356 g/mol. The van der Waals surface area contributed by atoms with E-state index in [4.69, 9.17) is 0 Å². The molecule has 5 rings (SSSR count). The number of hydrogen-bond donors (Lipinski definition) is 1. The second-order valence-electron chi connectivity index (χ2n) is 8.29. The molecule has 2 aromatic rings. The van der Waals surface area contributed by atoms with Crippen LogP contribution in [0.2, 0.25) is 0 Å². The fraction of sp³-hybridized carbons (Fsp3) is 0.600. The average molecular weight is 382 g/mol. The molecule has 2 amide bonds. The fourth-order valence-corrected chi connectivity index (χ4v) is 4.75. The molecule has 8 heteroatoms. The predicted molar refractivity (Wildman–Crippen MR) is 101 cm³/mol. The Morgan fingerprint density at radius 2 is 1.93 bits per heavy atom. The molecule has 148 valence electrons. The first-order chi connectivity index (χ1) is 13.6. The summed E-state index contributed by atoms with van der Waals surface area (Å²) in [4.78, 5) is 41.7. The summed E-state index contributed by atoms with van der Waals surface area (Å²) in [6, 6.07) is -0.0458. The molecule has 1 N–H and O–H groups in total. The van der Waals surface area contributed by atoms with Crippen LogP contribution in [0, 0.1) is 11.8 Å². The number of hydrogen-bond acceptors (Lipinski definition) is 4. The fourth-order valence-electron chi connectivity index (χ4n) is 4.75. The standard InChI is InChI=1S/C20H26N6O2/c1-24-12-21-10-16(24)20(28)26-9-6-15-17(23-11-22-15)18(26)13-4-7-25(8-5-13)19(27)14-2-3-14/h10-14,18H,2-9H2,1H3,(H,22,23). The van der Waals surface area contributed by atoms with Crippen molar-refractivity contribution in [2.45, 2.75) is 38.1 Å². The Balaban J connectivity index is 1.39. The first-order valence-electron chi connectivity index (χ1n) is 10.2. The van der Waals surface area contributed by atoms with Crippen molar-refractivity contribution in [3.05, 3.63) is 35.9 Å². The van der Waals surface area contributed by atoms with Crippen molar-refractivity contribution < 1.29 is 9.59 Å². The number of nitrogens with zero attached hydrogens (tertiary/aromatic N) is 5. The number of aromatic amines is 1. The first kappa shape index (κ1) is 17.5. The van der Waals surface area contributed by atoms with Gasteiger partial charge < -0.3 is 19.4 Å². The third-order valence-corrected chi connectivity index (χ3v) is 6.49. The summed E-state index contributed by atoms with van der Waals surface area (Å²) in [5.41, 5.74) is 2.73. The van der Waals surface area contributed by atoms with E-state index in [0.717, 1.165) is 56.6 Å². The largest absolute Gasteiger partial charge is 0.348 e. The molecule has 2 fully saturated rings. The Labute approximate surface area is 163 Å². The van der Waals surface area contributed by atoms with Crippen molar-refractivity contribution in [3.8, 4) is 0 Å². The lowest BCUT2D eigenvalue weighted by atomic mass is 9.83. The molecular formula is C20H26N6O2. The van der Waals surface area contributed by atoms with Crippen molar-refractivity contribution in [3.63, 3.8) is 0 Å². The molecule has 0 bridgehead atoms. The van der Waals surface area contributed by atoms with E-state index >= 15 is 0 Å². The third-order valence-electron chi connectivity index (χ3n) is 6.49. The van der Waals surface area contributed by atoms with Crippen molar-refractivity contribution in [1.29, 1.82) is 0 Å². The van der Waals surface area contributed by atoms with Gasteiger partial charge in [0.2, 0.25) is 5.91 Å². The molecule has 1 atom stereocenters. The van der Waals surface area contributed by atoms with E-state index in [-0.39, 0.29) is 17.9 Å². The van der Waals surface area contributed by atoms with Crippen LogP contribution in [0.4, 0.5) is 0 Å². The Morgan fingerprint density at radius 3 is 2.61 bits per heavy atom. The Morgan fingerprint density at radius 1 is 1.14 bits per heavy atom. The number of carbonyl (C=O) groups excluding carboxylic acids is 2. The van der Waals surface area contributed by atoms with Crippen LogP contribution in [0.1, 0.15) is 53.6 Å². The van der Waals surface area contributed by atoms with Gasteiger partial charge in [0.25, 0.3) is 5.91 Å². The number of amides is 2. The Hall–Kier alpha value is -2.64. The molecule has 0 aromatic carbocycles. The number of aryl methyl sites for hydroxylation is 1. The molecule has 2 aliphatic heterocycles. The number of aromatic nitrogens is 4. The lowest BCUT2D eigenvalue weighted by Gasteiger charge is -2.43. The molecule has 28 heavy (non-hydrogen) atoms. The smallest absolute Gasteiger partial charge is 0.272 e. The minimum Gasteiger partial charge on any atom is -0.348 e. The lowest BCUT2D eigenvalue weighted by molar-refractivity contribution is -0.134. The van der Waals surface area contributed by atoms with Crippen LogP contribution in [0.3, 0.4) is 0 Å². The van der Waals surface area contributed by atoms with Gasteiger partial charge in [0.1, 0.15) is 5.69 Å². The van der Waals surface area contributed by atoms with E-state index in [9.17, 15) is 9.59 Å². The second kappa shape index (κ2) is 6.76. The number of rotatable bonds is 3. The van der Waals surface area contributed by atoms with Crippen LogP contribution in [-0.2, 0) is 18.3 Å². The number of imidazole rings is 2. The van der Waals surface area contributed by atoms with Gasteiger partial charge in [-0.1, -0.05) is 0 Å². The van der Waals surface area contributed by atoms with E-state index in [2.05, 4.69) is 15.0 Å². The molecule has 1 saturated carbocycles. The maximum atomic E-state index is 13.3. The topological polar surface area (TPSA) is 87.1 Å². The maximum Gasteiger partial charge on any atom is 0.272 e. The number of carbonyl (C=O) groups is 2. The minimum atomic E-state index is -0.0458. The van der Waals surface area contributed by atoms with Gasteiger partial charge in [0.05, 0.1) is 30.6 Å². The highest BCUT2D eigenvalue weighted by atomic mass is 16.2. The van der Waals surface area contributed by atoms with Crippen LogP contribution in [0.25, 0.3) is 0 Å². The molecule has 1 saturated heterocycles. The second-order valence-corrected chi connectivity index (χ2v) is 8.29. The Bertz CT molecular complexity index is 890. The lowest BCUT2D eigenvalue weighted by Crippen LogP contribution is -2.47. The molecule has 0 spiro atoms.